The van der Waals surface area contributed by atoms with Gasteiger partial charge in [0.05, 0.1) is 6.61 Å². The van der Waals surface area contributed by atoms with Gasteiger partial charge in [0.25, 0.3) is 0 Å². The van der Waals surface area contributed by atoms with Gasteiger partial charge in [-0.3, -0.25) is 4.79 Å². The highest BCUT2D eigenvalue weighted by Crippen LogP contribution is 2.61. The Labute approximate surface area is 166 Å². The molecule has 0 spiro atoms. The molecule has 2 aliphatic rings. The average Bonchev–Trinajstić information content (AvgIpc) is 2.67. The molecule has 4 nitrogen and oxygen atoms in total. The molecule has 150 valence electrons. The van der Waals surface area contributed by atoms with Crippen LogP contribution in [0.4, 0.5) is 0 Å². The molecule has 28 heavy (non-hydrogen) atoms. The Bertz CT molecular complexity index is 960. The van der Waals surface area contributed by atoms with E-state index in [-0.39, 0.29) is 22.4 Å². The second-order valence-electron chi connectivity index (χ2n) is 9.47. The Balaban J connectivity index is 1.60. The van der Waals surface area contributed by atoms with E-state index >= 15 is 0 Å². The van der Waals surface area contributed by atoms with E-state index in [2.05, 4.69) is 27.7 Å². The number of hydrogen-bond donors (Lipinski definition) is 0. The molecule has 4 rings (SSSR count). The number of Topliss-reactive ketones (excluding diaryl/α,β-unsaturated/α-hetero) is 1. The molecule has 0 N–H and O–H groups in total. The number of carbonyl (C=O) groups is 1. The van der Waals surface area contributed by atoms with Crippen LogP contribution in [0.25, 0.3) is 11.0 Å². The van der Waals surface area contributed by atoms with Crippen molar-refractivity contribution < 1.29 is 13.9 Å². The van der Waals surface area contributed by atoms with Crippen LogP contribution in [0.1, 0.15) is 53.4 Å². The van der Waals surface area contributed by atoms with Crippen LogP contribution in [0.2, 0.25) is 0 Å². The van der Waals surface area contributed by atoms with Crippen LogP contribution < -0.4 is 10.4 Å². The third kappa shape index (κ3) is 2.98. The second-order valence-corrected chi connectivity index (χ2v) is 9.47. The fraction of sp³-hybridized carbons (Fsp3) is 0.583. The summed E-state index contributed by atoms with van der Waals surface area (Å²) in [6, 6.07) is 8.86. The summed E-state index contributed by atoms with van der Waals surface area (Å²) in [5, 5.41) is 0.886. The van der Waals surface area contributed by atoms with Crippen LogP contribution in [-0.4, -0.2) is 12.4 Å². The standard InChI is InChI=1S/C24H30O4/c1-15-11-12-23(3)16(2)19(25)8-9-21(23)24(15,4)14-27-18-7-5-17-6-10-22(26)28-20(17)13-18/h5-7,10,13,15-16,21H,8-9,11-12,14H2,1-4H3/t15-,16?,21?,23?,24+/m1/s1. The van der Waals surface area contributed by atoms with Gasteiger partial charge in [-0.1, -0.05) is 27.7 Å². The third-order valence-electron chi connectivity index (χ3n) is 8.13. The molecule has 0 saturated heterocycles. The molecule has 0 radical (unpaired) electrons. The molecule has 0 aliphatic heterocycles. The number of carbonyl (C=O) groups excluding carboxylic acids is 1. The van der Waals surface area contributed by atoms with Gasteiger partial charge in [0.1, 0.15) is 17.1 Å². The predicted octanol–water partition coefficient (Wildman–Crippen LogP) is 5.23. The number of benzene rings is 1. The van der Waals surface area contributed by atoms with E-state index in [1.54, 1.807) is 12.1 Å². The Hall–Kier alpha value is -2.10. The maximum absolute atomic E-state index is 12.4. The van der Waals surface area contributed by atoms with Crippen molar-refractivity contribution in [3.05, 3.63) is 40.8 Å². The minimum absolute atomic E-state index is 0.00838. The lowest BCUT2D eigenvalue weighted by atomic mass is 9.45. The smallest absolute Gasteiger partial charge is 0.336 e. The molecule has 1 heterocycles. The van der Waals surface area contributed by atoms with E-state index in [9.17, 15) is 9.59 Å². The molecular formula is C24H30O4. The van der Waals surface area contributed by atoms with Crippen LogP contribution in [-0.2, 0) is 4.79 Å². The lowest BCUT2D eigenvalue weighted by molar-refractivity contribution is -0.151. The van der Waals surface area contributed by atoms with Gasteiger partial charge < -0.3 is 9.15 Å². The first-order chi connectivity index (χ1) is 13.2. The molecule has 1 aromatic carbocycles. The SMILES string of the molecule is CC1C(=O)CCC2C1(C)CC[C@@H](C)[C@]2(C)COc1ccc2ccc(=O)oc2c1. The van der Waals surface area contributed by atoms with Crippen molar-refractivity contribution in [3.8, 4) is 5.75 Å². The van der Waals surface area contributed by atoms with Gasteiger partial charge >= 0.3 is 5.63 Å². The first-order valence-electron chi connectivity index (χ1n) is 10.4. The van der Waals surface area contributed by atoms with Crippen LogP contribution in [0.3, 0.4) is 0 Å². The summed E-state index contributed by atoms with van der Waals surface area (Å²) in [4.78, 5) is 23.9. The zero-order chi connectivity index (χ0) is 20.1. The summed E-state index contributed by atoms with van der Waals surface area (Å²) in [7, 11) is 0. The van der Waals surface area contributed by atoms with Crippen LogP contribution in [0.5, 0.6) is 5.75 Å². The molecule has 2 fully saturated rings. The number of fused-ring (bicyclic) bond motifs is 2. The van der Waals surface area contributed by atoms with Crippen LogP contribution in [0, 0.1) is 28.6 Å². The summed E-state index contributed by atoms with van der Waals surface area (Å²) in [6.45, 7) is 9.70. The minimum Gasteiger partial charge on any atom is -0.493 e. The predicted molar refractivity (Wildman–Crippen MR) is 109 cm³/mol. The second kappa shape index (κ2) is 6.75. The largest absolute Gasteiger partial charge is 0.493 e. The molecule has 2 aliphatic carbocycles. The highest BCUT2D eigenvalue weighted by molar-refractivity contribution is 5.82. The molecule has 3 unspecified atom stereocenters. The summed E-state index contributed by atoms with van der Waals surface area (Å²) in [6.07, 6.45) is 3.88. The highest BCUT2D eigenvalue weighted by atomic mass is 16.5. The van der Waals surface area contributed by atoms with Gasteiger partial charge in [-0.25, -0.2) is 4.79 Å². The topological polar surface area (TPSA) is 56.5 Å². The Morgan fingerprint density at radius 3 is 2.64 bits per heavy atom. The van der Waals surface area contributed by atoms with E-state index < -0.39 is 0 Å². The van der Waals surface area contributed by atoms with E-state index in [4.69, 9.17) is 9.15 Å². The van der Waals surface area contributed by atoms with Crippen molar-refractivity contribution in [2.45, 2.75) is 53.4 Å². The maximum atomic E-state index is 12.4. The summed E-state index contributed by atoms with van der Waals surface area (Å²) in [5.74, 6) is 2.26. The number of ether oxygens (including phenoxy) is 1. The number of ketones is 1. The first-order valence-corrected chi connectivity index (χ1v) is 10.4. The van der Waals surface area contributed by atoms with E-state index in [1.165, 1.54) is 6.07 Å². The van der Waals surface area contributed by atoms with Crippen molar-refractivity contribution >= 4 is 16.8 Å². The van der Waals surface area contributed by atoms with Crippen molar-refractivity contribution in [1.82, 2.24) is 0 Å². The lowest BCUT2D eigenvalue weighted by Crippen LogP contribution is -2.56. The maximum Gasteiger partial charge on any atom is 0.336 e. The fourth-order valence-corrected chi connectivity index (χ4v) is 5.79. The van der Waals surface area contributed by atoms with Crippen LogP contribution >= 0.6 is 0 Å². The number of rotatable bonds is 3. The van der Waals surface area contributed by atoms with Crippen molar-refractivity contribution in [3.63, 3.8) is 0 Å². The van der Waals surface area contributed by atoms with Gasteiger partial charge in [0.2, 0.25) is 0 Å². The van der Waals surface area contributed by atoms with E-state index in [0.717, 1.165) is 30.4 Å². The molecule has 2 saturated carbocycles. The quantitative estimate of drug-likeness (QED) is 0.682. The summed E-state index contributed by atoms with van der Waals surface area (Å²) >= 11 is 0. The normalized spacial score (nSPS) is 35.6. The van der Waals surface area contributed by atoms with Gasteiger partial charge in [-0.15, -0.1) is 0 Å². The molecular weight excluding hydrogens is 352 g/mol. The Kier molecular flexibility index (Phi) is 4.64. The monoisotopic (exact) mass is 382 g/mol. The Morgan fingerprint density at radius 1 is 1.11 bits per heavy atom. The van der Waals surface area contributed by atoms with E-state index in [0.29, 0.717) is 36.2 Å². The molecule has 5 atom stereocenters. The van der Waals surface area contributed by atoms with Gasteiger partial charge in [0, 0.05) is 35.3 Å². The number of hydrogen-bond acceptors (Lipinski definition) is 4. The molecule has 4 heteroatoms. The zero-order valence-corrected chi connectivity index (χ0v) is 17.3. The molecule has 2 aromatic rings. The molecule has 0 amide bonds. The van der Waals surface area contributed by atoms with Crippen LogP contribution in [0.15, 0.2) is 39.5 Å². The minimum atomic E-state index is -0.353. The van der Waals surface area contributed by atoms with E-state index in [1.807, 2.05) is 12.1 Å². The van der Waals surface area contributed by atoms with Gasteiger partial charge in [0.15, 0.2) is 0 Å². The first kappa shape index (κ1) is 19.2. The van der Waals surface area contributed by atoms with Crippen molar-refractivity contribution in [2.75, 3.05) is 6.61 Å². The molecule has 0 bridgehead atoms. The van der Waals surface area contributed by atoms with Crippen molar-refractivity contribution in [1.29, 1.82) is 0 Å². The zero-order valence-electron chi connectivity index (χ0n) is 17.3. The summed E-state index contributed by atoms with van der Waals surface area (Å²) < 4.78 is 11.6. The average molecular weight is 383 g/mol. The lowest BCUT2D eigenvalue weighted by Gasteiger charge is -2.59. The van der Waals surface area contributed by atoms with Gasteiger partial charge in [-0.05, 0) is 54.7 Å². The summed E-state index contributed by atoms with van der Waals surface area (Å²) in [5.41, 5.74) is 0.257. The molecule has 1 aromatic heterocycles. The Morgan fingerprint density at radius 2 is 1.86 bits per heavy atom. The van der Waals surface area contributed by atoms with Gasteiger partial charge in [-0.2, -0.15) is 0 Å². The third-order valence-corrected chi connectivity index (χ3v) is 8.13. The highest BCUT2D eigenvalue weighted by Gasteiger charge is 2.57. The van der Waals surface area contributed by atoms with Crippen molar-refractivity contribution in [2.24, 2.45) is 28.6 Å². The fourth-order valence-electron chi connectivity index (χ4n) is 5.79.